The lowest BCUT2D eigenvalue weighted by Crippen LogP contribution is -2.47. The molecule has 0 aliphatic carbocycles. The number of fused-ring (bicyclic) bond motifs is 1. The number of hydrogen-bond acceptors (Lipinski definition) is 7. The van der Waals surface area contributed by atoms with Gasteiger partial charge in [-0.15, -0.1) is 0 Å². The van der Waals surface area contributed by atoms with Crippen LogP contribution >= 0.6 is 0 Å². The van der Waals surface area contributed by atoms with Crippen LogP contribution in [-0.4, -0.2) is 64.6 Å². The van der Waals surface area contributed by atoms with E-state index in [0.29, 0.717) is 42.5 Å². The van der Waals surface area contributed by atoms with E-state index in [1.165, 1.54) is 12.8 Å². The average molecular weight is 529 g/mol. The SMILES string of the molecule is CCOc1cc(-c2ccc(N3CCC(CC(=O)CC(C)C)(CN4CCCC4)CC3)nc2)c2c(C#N)cnn2c1. The molecule has 0 bridgehead atoms. The summed E-state index contributed by atoms with van der Waals surface area (Å²) in [7, 11) is 0. The van der Waals surface area contributed by atoms with Crippen LogP contribution in [0.1, 0.15) is 64.9 Å². The Morgan fingerprint density at radius 2 is 1.92 bits per heavy atom. The molecular formula is C31H40N6O2. The summed E-state index contributed by atoms with van der Waals surface area (Å²) in [6, 6.07) is 8.35. The summed E-state index contributed by atoms with van der Waals surface area (Å²) >= 11 is 0. The molecule has 0 N–H and O–H groups in total. The van der Waals surface area contributed by atoms with Gasteiger partial charge in [-0.25, -0.2) is 9.50 Å². The number of carbonyl (C=O) groups excluding carboxylic acids is 1. The second-order valence-electron chi connectivity index (χ2n) is 11.7. The van der Waals surface area contributed by atoms with Gasteiger partial charge in [0.25, 0.3) is 0 Å². The van der Waals surface area contributed by atoms with Gasteiger partial charge in [-0.2, -0.15) is 10.4 Å². The molecule has 0 unspecified atom stereocenters. The molecule has 5 rings (SSSR count). The summed E-state index contributed by atoms with van der Waals surface area (Å²) in [5.41, 5.74) is 3.14. The highest BCUT2D eigenvalue weighted by Gasteiger charge is 2.38. The van der Waals surface area contributed by atoms with Crippen molar-refractivity contribution in [3.05, 3.63) is 42.4 Å². The van der Waals surface area contributed by atoms with Crippen molar-refractivity contribution in [2.24, 2.45) is 11.3 Å². The summed E-state index contributed by atoms with van der Waals surface area (Å²) in [6.45, 7) is 11.9. The second-order valence-corrected chi connectivity index (χ2v) is 11.7. The third-order valence-electron chi connectivity index (χ3n) is 8.19. The number of ketones is 1. The Labute approximate surface area is 231 Å². The first-order chi connectivity index (χ1) is 18.9. The van der Waals surface area contributed by atoms with E-state index < -0.39 is 0 Å². The van der Waals surface area contributed by atoms with Crippen LogP contribution in [0.2, 0.25) is 0 Å². The number of piperidine rings is 1. The minimum absolute atomic E-state index is 0.0633. The number of aromatic nitrogens is 3. The summed E-state index contributed by atoms with van der Waals surface area (Å²) in [5.74, 6) is 2.48. The Kier molecular flexibility index (Phi) is 8.18. The molecule has 3 aromatic rings. The minimum atomic E-state index is 0.0633. The van der Waals surface area contributed by atoms with Crippen molar-refractivity contribution in [1.82, 2.24) is 19.5 Å². The standard InChI is InChI=1S/C31H40N6O2/c1-4-39-27-16-28(30-25(18-32)20-34-37(30)21-27)24-7-8-29(33-19-24)36-13-9-31(10-14-36,17-26(38)15-23(2)3)22-35-11-5-6-12-35/h7-8,16,19-21,23H,4-6,9-15,17,22H2,1-3H3. The van der Waals surface area contributed by atoms with Crippen molar-refractivity contribution in [2.45, 2.75) is 59.3 Å². The van der Waals surface area contributed by atoms with Crippen LogP contribution in [-0.2, 0) is 4.79 Å². The molecule has 2 aliphatic heterocycles. The molecule has 8 nitrogen and oxygen atoms in total. The Morgan fingerprint density at radius 1 is 1.15 bits per heavy atom. The number of carbonyl (C=O) groups is 1. The zero-order valence-corrected chi connectivity index (χ0v) is 23.5. The first-order valence-electron chi connectivity index (χ1n) is 14.4. The maximum atomic E-state index is 12.9. The Bertz CT molecular complexity index is 1330. The lowest BCUT2D eigenvalue weighted by molar-refractivity contribution is -0.122. The van der Waals surface area contributed by atoms with Crippen LogP contribution in [0.5, 0.6) is 5.75 Å². The fraction of sp³-hybridized carbons (Fsp3) is 0.548. The highest BCUT2D eigenvalue weighted by atomic mass is 16.5. The number of hydrogen-bond donors (Lipinski definition) is 0. The maximum absolute atomic E-state index is 12.9. The molecule has 5 heterocycles. The molecule has 39 heavy (non-hydrogen) atoms. The van der Waals surface area contributed by atoms with Gasteiger partial charge in [-0.1, -0.05) is 13.8 Å². The largest absolute Gasteiger partial charge is 0.492 e. The molecule has 0 saturated carbocycles. The average Bonchev–Trinajstić information content (AvgIpc) is 3.58. The Morgan fingerprint density at radius 3 is 2.56 bits per heavy atom. The molecule has 0 amide bonds. The van der Waals surface area contributed by atoms with Crippen molar-refractivity contribution in [3.63, 3.8) is 0 Å². The molecule has 2 fully saturated rings. The minimum Gasteiger partial charge on any atom is -0.492 e. The highest BCUT2D eigenvalue weighted by Crippen LogP contribution is 2.39. The first-order valence-corrected chi connectivity index (χ1v) is 14.4. The topological polar surface area (TPSA) is 86.8 Å². The molecule has 0 aromatic carbocycles. The number of rotatable bonds is 10. The monoisotopic (exact) mass is 528 g/mol. The van der Waals surface area contributed by atoms with Crippen molar-refractivity contribution in [1.29, 1.82) is 5.26 Å². The molecule has 0 radical (unpaired) electrons. The third-order valence-corrected chi connectivity index (χ3v) is 8.19. The smallest absolute Gasteiger partial charge is 0.138 e. The summed E-state index contributed by atoms with van der Waals surface area (Å²) in [5, 5.41) is 14.0. The third kappa shape index (κ3) is 6.09. The van der Waals surface area contributed by atoms with E-state index in [2.05, 4.69) is 46.9 Å². The predicted molar refractivity (Wildman–Crippen MR) is 153 cm³/mol. The molecular weight excluding hydrogens is 488 g/mol. The van der Waals surface area contributed by atoms with Crippen LogP contribution in [0.3, 0.4) is 0 Å². The maximum Gasteiger partial charge on any atom is 0.138 e. The van der Waals surface area contributed by atoms with E-state index in [1.54, 1.807) is 16.9 Å². The van der Waals surface area contributed by atoms with Crippen molar-refractivity contribution < 1.29 is 9.53 Å². The van der Waals surface area contributed by atoms with Crippen LogP contribution < -0.4 is 9.64 Å². The summed E-state index contributed by atoms with van der Waals surface area (Å²) < 4.78 is 7.46. The van der Waals surface area contributed by atoms with Crippen molar-refractivity contribution in [3.8, 4) is 22.9 Å². The van der Waals surface area contributed by atoms with Gasteiger partial charge in [0.2, 0.25) is 0 Å². The Balaban J connectivity index is 1.34. The highest BCUT2D eigenvalue weighted by molar-refractivity contribution is 5.85. The van der Waals surface area contributed by atoms with Gasteiger partial charge in [0, 0.05) is 49.8 Å². The van der Waals surface area contributed by atoms with E-state index in [0.717, 1.165) is 68.0 Å². The number of nitrogens with zero attached hydrogens (tertiary/aromatic N) is 6. The quantitative estimate of drug-likeness (QED) is 0.350. The van der Waals surface area contributed by atoms with Crippen LogP contribution in [0.15, 0.2) is 36.8 Å². The number of anilines is 1. The number of Topliss-reactive ketones (excluding diaryl/α,β-unsaturated/α-hetero) is 1. The summed E-state index contributed by atoms with van der Waals surface area (Å²) in [6.07, 6.45) is 11.2. The molecule has 8 heteroatoms. The fourth-order valence-electron chi connectivity index (χ4n) is 6.34. The molecule has 206 valence electrons. The van der Waals surface area contributed by atoms with Crippen molar-refractivity contribution >= 4 is 17.1 Å². The number of ether oxygens (including phenoxy) is 1. The van der Waals surface area contributed by atoms with Gasteiger partial charge in [0.1, 0.15) is 23.4 Å². The van der Waals surface area contributed by atoms with E-state index in [-0.39, 0.29) is 5.41 Å². The fourth-order valence-corrected chi connectivity index (χ4v) is 6.34. The lowest BCUT2D eigenvalue weighted by Gasteiger charge is -2.44. The zero-order chi connectivity index (χ0) is 27.4. The molecule has 0 spiro atoms. The van der Waals surface area contributed by atoms with Crippen LogP contribution in [0.4, 0.5) is 5.82 Å². The van der Waals surface area contributed by atoms with Gasteiger partial charge in [0.15, 0.2) is 0 Å². The molecule has 2 saturated heterocycles. The van der Waals surface area contributed by atoms with E-state index >= 15 is 0 Å². The number of likely N-dealkylation sites (tertiary alicyclic amines) is 1. The zero-order valence-electron chi connectivity index (χ0n) is 23.5. The predicted octanol–water partition coefficient (Wildman–Crippen LogP) is 5.35. The summed E-state index contributed by atoms with van der Waals surface area (Å²) in [4.78, 5) is 22.7. The van der Waals surface area contributed by atoms with E-state index in [4.69, 9.17) is 9.72 Å². The van der Waals surface area contributed by atoms with Gasteiger partial charge in [0.05, 0.1) is 30.1 Å². The van der Waals surface area contributed by atoms with Gasteiger partial charge >= 0.3 is 0 Å². The Hall–Kier alpha value is -3.44. The number of nitriles is 1. The van der Waals surface area contributed by atoms with Gasteiger partial charge in [-0.3, -0.25) is 4.79 Å². The van der Waals surface area contributed by atoms with E-state index in [1.807, 2.05) is 19.2 Å². The molecule has 3 aromatic heterocycles. The molecule has 0 atom stereocenters. The second kappa shape index (κ2) is 11.7. The first kappa shape index (κ1) is 27.1. The van der Waals surface area contributed by atoms with Gasteiger partial charge < -0.3 is 14.5 Å². The van der Waals surface area contributed by atoms with E-state index in [9.17, 15) is 10.1 Å². The van der Waals surface area contributed by atoms with Crippen LogP contribution in [0, 0.1) is 22.7 Å². The lowest BCUT2D eigenvalue weighted by atomic mass is 9.73. The van der Waals surface area contributed by atoms with Crippen LogP contribution in [0.25, 0.3) is 16.6 Å². The normalized spacial score (nSPS) is 17.6. The number of pyridine rings is 2. The van der Waals surface area contributed by atoms with Gasteiger partial charge in [-0.05, 0) is 75.2 Å². The van der Waals surface area contributed by atoms with Crippen molar-refractivity contribution in [2.75, 3.05) is 44.2 Å². The molecule has 2 aliphatic rings.